The van der Waals surface area contributed by atoms with Crippen LogP contribution in [0, 0.1) is 6.92 Å². The molecule has 1 rings (SSSR count). The Morgan fingerprint density at radius 2 is 1.88 bits per heavy atom. The zero-order chi connectivity index (χ0) is 12.6. The Morgan fingerprint density at radius 3 is 2.31 bits per heavy atom. The van der Waals surface area contributed by atoms with Crippen molar-refractivity contribution in [1.82, 2.24) is 0 Å². The van der Waals surface area contributed by atoms with Gasteiger partial charge in [-0.15, -0.1) is 0 Å². The topological polar surface area (TPSA) is 60.2 Å². The Bertz CT molecular complexity index is 494. The lowest BCUT2D eigenvalue weighted by Gasteiger charge is -2.10. The van der Waals surface area contributed by atoms with Crippen LogP contribution in [-0.2, 0) is 9.84 Å². The summed E-state index contributed by atoms with van der Waals surface area (Å²) in [6, 6.07) is 3.67. The normalized spacial score (nSPS) is 12.8. The summed E-state index contributed by atoms with van der Waals surface area (Å²) in [5.41, 5.74) is 5.90. The van der Waals surface area contributed by atoms with E-state index in [9.17, 15) is 21.6 Å². The molecule has 0 atom stereocenters. The van der Waals surface area contributed by atoms with Gasteiger partial charge in [-0.05, 0) is 30.7 Å². The van der Waals surface area contributed by atoms with Gasteiger partial charge in [0.25, 0.3) is 0 Å². The van der Waals surface area contributed by atoms with Crippen LogP contribution in [-0.4, -0.2) is 20.3 Å². The summed E-state index contributed by atoms with van der Waals surface area (Å²) >= 11 is 0. The van der Waals surface area contributed by atoms with Crippen LogP contribution in [0.5, 0.6) is 0 Å². The van der Waals surface area contributed by atoms with E-state index in [0.717, 1.165) is 6.07 Å². The van der Waals surface area contributed by atoms with Crippen molar-refractivity contribution in [3.05, 3.63) is 23.8 Å². The van der Waals surface area contributed by atoms with E-state index in [2.05, 4.69) is 0 Å². The number of aryl methyl sites for hydroxylation is 1. The highest BCUT2D eigenvalue weighted by atomic mass is 32.2. The average Bonchev–Trinajstić information content (AvgIpc) is 1.97. The number of sulfone groups is 1. The first-order valence-corrected chi connectivity index (χ1v) is 5.93. The Morgan fingerprint density at radius 1 is 1.31 bits per heavy atom. The largest absolute Gasteiger partial charge is 0.403 e. The first-order chi connectivity index (χ1) is 7.12. The Kier molecular flexibility index (Phi) is 3.18. The fourth-order valence-corrected chi connectivity index (χ4v) is 2.73. The van der Waals surface area contributed by atoms with E-state index in [1.165, 1.54) is 19.1 Å². The number of hydrogen-bond donors (Lipinski definition) is 1. The minimum Gasteiger partial charge on any atom is -0.399 e. The second kappa shape index (κ2) is 3.97. The number of anilines is 1. The van der Waals surface area contributed by atoms with E-state index in [-0.39, 0.29) is 10.5 Å². The number of hydrogen-bond acceptors (Lipinski definition) is 3. The predicted octanol–water partition coefficient (Wildman–Crippen LogP) is 1.91. The van der Waals surface area contributed by atoms with Gasteiger partial charge in [0.1, 0.15) is 0 Å². The summed E-state index contributed by atoms with van der Waals surface area (Å²) in [4.78, 5) is -0.334. The monoisotopic (exact) mass is 253 g/mol. The van der Waals surface area contributed by atoms with Crippen LogP contribution in [0.1, 0.15) is 5.56 Å². The summed E-state index contributed by atoms with van der Waals surface area (Å²) in [7, 11) is -4.35. The molecule has 0 spiro atoms. The number of rotatable bonds is 2. The maximum atomic E-state index is 12.0. The Balaban J connectivity index is 3.18. The summed E-state index contributed by atoms with van der Waals surface area (Å²) in [6.07, 6.45) is -4.74. The van der Waals surface area contributed by atoms with Crippen molar-refractivity contribution in [3.63, 3.8) is 0 Å². The number of nitrogen functional groups attached to an aromatic ring is 1. The molecule has 0 aliphatic heterocycles. The van der Waals surface area contributed by atoms with Gasteiger partial charge in [-0.2, -0.15) is 13.2 Å². The van der Waals surface area contributed by atoms with Crippen molar-refractivity contribution in [2.75, 3.05) is 11.5 Å². The molecule has 1 aromatic rings. The summed E-state index contributed by atoms with van der Waals surface area (Å²) in [6.45, 7) is 1.40. The van der Waals surface area contributed by atoms with E-state index in [1.54, 1.807) is 0 Å². The molecule has 0 aromatic heterocycles. The van der Waals surface area contributed by atoms with Gasteiger partial charge in [0.05, 0.1) is 4.90 Å². The van der Waals surface area contributed by atoms with Crippen molar-refractivity contribution in [3.8, 4) is 0 Å². The summed E-state index contributed by atoms with van der Waals surface area (Å²) in [5, 5.41) is 0. The molecule has 3 nitrogen and oxygen atoms in total. The number of halogens is 3. The molecule has 0 aliphatic carbocycles. The minimum absolute atomic E-state index is 0.212. The molecule has 7 heteroatoms. The molecule has 0 bridgehead atoms. The Labute approximate surface area is 91.0 Å². The highest BCUT2D eigenvalue weighted by Gasteiger charge is 2.36. The molecule has 90 valence electrons. The van der Waals surface area contributed by atoms with Crippen LogP contribution < -0.4 is 5.73 Å². The third-order valence-corrected chi connectivity index (χ3v) is 3.72. The van der Waals surface area contributed by atoms with E-state index < -0.39 is 21.8 Å². The fraction of sp³-hybridized carbons (Fsp3) is 0.333. The summed E-state index contributed by atoms with van der Waals surface area (Å²) in [5.74, 6) is -1.86. The third kappa shape index (κ3) is 3.13. The van der Waals surface area contributed by atoms with Crippen LogP contribution in [0.4, 0.5) is 18.9 Å². The van der Waals surface area contributed by atoms with Gasteiger partial charge in [0, 0.05) is 5.69 Å². The fourth-order valence-electron chi connectivity index (χ4n) is 1.31. The van der Waals surface area contributed by atoms with E-state index in [1.807, 2.05) is 0 Å². The quantitative estimate of drug-likeness (QED) is 0.819. The third-order valence-electron chi connectivity index (χ3n) is 1.89. The molecular weight excluding hydrogens is 243 g/mol. The maximum absolute atomic E-state index is 12.0. The van der Waals surface area contributed by atoms with E-state index in [0.29, 0.717) is 5.69 Å². The molecule has 0 saturated carbocycles. The lowest BCUT2D eigenvalue weighted by atomic mass is 10.2. The zero-order valence-electron chi connectivity index (χ0n) is 8.38. The molecule has 0 radical (unpaired) electrons. The van der Waals surface area contributed by atoms with Crippen LogP contribution in [0.2, 0.25) is 0 Å². The Hall–Kier alpha value is -1.24. The first kappa shape index (κ1) is 12.8. The molecule has 1 aromatic carbocycles. The number of alkyl halides is 3. The maximum Gasteiger partial charge on any atom is 0.403 e. The lowest BCUT2D eigenvalue weighted by Crippen LogP contribution is -2.23. The molecule has 0 saturated heterocycles. The highest BCUT2D eigenvalue weighted by molar-refractivity contribution is 7.91. The zero-order valence-corrected chi connectivity index (χ0v) is 9.19. The van der Waals surface area contributed by atoms with Gasteiger partial charge >= 0.3 is 6.18 Å². The highest BCUT2D eigenvalue weighted by Crippen LogP contribution is 2.25. The van der Waals surface area contributed by atoms with Crippen molar-refractivity contribution < 1.29 is 21.6 Å². The molecule has 0 amide bonds. The molecular formula is C9H10F3NO2S. The molecule has 2 N–H and O–H groups in total. The standard InChI is InChI=1S/C9H10F3NO2S/c1-6-4-7(13)2-3-8(6)16(14,15)5-9(10,11)12/h2-4H,5,13H2,1H3. The second-order valence-electron chi connectivity index (χ2n) is 3.40. The van der Waals surface area contributed by atoms with Crippen molar-refractivity contribution in [2.45, 2.75) is 18.0 Å². The van der Waals surface area contributed by atoms with Crippen molar-refractivity contribution in [2.24, 2.45) is 0 Å². The van der Waals surface area contributed by atoms with Crippen LogP contribution in [0.15, 0.2) is 23.1 Å². The first-order valence-electron chi connectivity index (χ1n) is 4.27. The molecule has 16 heavy (non-hydrogen) atoms. The summed E-state index contributed by atoms with van der Waals surface area (Å²) < 4.78 is 59.0. The predicted molar refractivity (Wildman–Crippen MR) is 53.7 cm³/mol. The molecule has 0 unspecified atom stereocenters. The molecule has 0 fully saturated rings. The van der Waals surface area contributed by atoms with Crippen LogP contribution >= 0.6 is 0 Å². The van der Waals surface area contributed by atoms with Crippen LogP contribution in [0.25, 0.3) is 0 Å². The molecule has 0 heterocycles. The number of nitrogens with two attached hydrogens (primary N) is 1. The molecule has 0 aliphatic rings. The van der Waals surface area contributed by atoms with E-state index in [4.69, 9.17) is 5.73 Å². The SMILES string of the molecule is Cc1cc(N)ccc1S(=O)(=O)CC(F)(F)F. The van der Waals surface area contributed by atoms with Gasteiger partial charge in [-0.3, -0.25) is 0 Å². The van der Waals surface area contributed by atoms with E-state index >= 15 is 0 Å². The van der Waals surface area contributed by atoms with Gasteiger partial charge < -0.3 is 5.73 Å². The van der Waals surface area contributed by atoms with Gasteiger partial charge in [0.2, 0.25) is 0 Å². The van der Waals surface area contributed by atoms with Gasteiger partial charge in [-0.25, -0.2) is 8.42 Å². The van der Waals surface area contributed by atoms with Crippen LogP contribution in [0.3, 0.4) is 0 Å². The van der Waals surface area contributed by atoms with Gasteiger partial charge in [0.15, 0.2) is 15.6 Å². The van der Waals surface area contributed by atoms with Gasteiger partial charge in [-0.1, -0.05) is 0 Å². The smallest absolute Gasteiger partial charge is 0.399 e. The minimum atomic E-state index is -4.74. The second-order valence-corrected chi connectivity index (χ2v) is 5.36. The average molecular weight is 253 g/mol. The lowest BCUT2D eigenvalue weighted by molar-refractivity contribution is -0.106. The number of benzene rings is 1. The van der Waals surface area contributed by atoms with Crippen molar-refractivity contribution in [1.29, 1.82) is 0 Å². The van der Waals surface area contributed by atoms with Crippen molar-refractivity contribution >= 4 is 15.5 Å².